The highest BCUT2D eigenvalue weighted by Crippen LogP contribution is 2.23. The zero-order valence-electron chi connectivity index (χ0n) is 10.5. The van der Waals surface area contributed by atoms with Crippen LogP contribution in [0.1, 0.15) is 15.2 Å². The first-order valence-electron chi connectivity index (χ1n) is 5.82. The van der Waals surface area contributed by atoms with Crippen molar-refractivity contribution >= 4 is 17.1 Å². The number of carbonyl (C=O) groups excluding carboxylic acids is 1. The highest BCUT2D eigenvalue weighted by atomic mass is 32.1. The van der Waals surface area contributed by atoms with Gasteiger partial charge in [0.05, 0.1) is 12.1 Å². The maximum Gasteiger partial charge on any atom is 0.180 e. The van der Waals surface area contributed by atoms with Crippen molar-refractivity contribution in [1.29, 1.82) is 0 Å². The van der Waals surface area contributed by atoms with Gasteiger partial charge in [-0.05, 0) is 30.6 Å². The van der Waals surface area contributed by atoms with E-state index in [2.05, 4.69) is 0 Å². The van der Waals surface area contributed by atoms with Gasteiger partial charge in [0, 0.05) is 17.5 Å². The van der Waals surface area contributed by atoms with Gasteiger partial charge in [-0.15, -0.1) is 11.3 Å². The summed E-state index contributed by atoms with van der Waals surface area (Å²) in [4.78, 5) is 15.1. The number of phenols is 2. The number of phenolic OH excluding ortho intramolecular Hbond substituents is 2. The summed E-state index contributed by atoms with van der Waals surface area (Å²) >= 11 is 1.64. The maximum atomic E-state index is 12.0. The van der Waals surface area contributed by atoms with Crippen molar-refractivity contribution in [1.82, 2.24) is 4.90 Å². The van der Waals surface area contributed by atoms with Crippen LogP contribution in [-0.2, 0) is 6.54 Å². The zero-order chi connectivity index (χ0) is 13.8. The lowest BCUT2D eigenvalue weighted by Crippen LogP contribution is -2.25. The van der Waals surface area contributed by atoms with Gasteiger partial charge in [-0.2, -0.15) is 0 Å². The average Bonchev–Trinajstić information content (AvgIpc) is 2.81. The highest BCUT2D eigenvalue weighted by Gasteiger charge is 2.14. The summed E-state index contributed by atoms with van der Waals surface area (Å²) in [7, 11) is 1.86. The second kappa shape index (κ2) is 5.86. The predicted octanol–water partition coefficient (Wildman–Crippen LogP) is 2.47. The third-order valence-electron chi connectivity index (χ3n) is 2.70. The Labute approximate surface area is 115 Å². The number of hydrogen-bond donors (Lipinski definition) is 2. The molecule has 19 heavy (non-hydrogen) atoms. The summed E-state index contributed by atoms with van der Waals surface area (Å²) in [5.74, 6) is -0.410. The Morgan fingerprint density at radius 3 is 2.74 bits per heavy atom. The molecule has 5 heteroatoms. The van der Waals surface area contributed by atoms with Crippen LogP contribution >= 0.6 is 11.3 Å². The number of hydrogen-bond acceptors (Lipinski definition) is 5. The molecule has 1 heterocycles. The van der Waals surface area contributed by atoms with Crippen molar-refractivity contribution in [3.05, 3.63) is 46.2 Å². The Bertz CT molecular complexity index is 566. The molecule has 0 amide bonds. The Kier molecular flexibility index (Phi) is 4.19. The van der Waals surface area contributed by atoms with Crippen molar-refractivity contribution < 1.29 is 15.0 Å². The molecule has 4 nitrogen and oxygen atoms in total. The molecule has 2 rings (SSSR count). The molecule has 0 spiro atoms. The monoisotopic (exact) mass is 277 g/mol. The minimum Gasteiger partial charge on any atom is -0.508 e. The molecule has 0 saturated heterocycles. The number of rotatable bonds is 5. The number of thiophene rings is 1. The molecule has 0 bridgehead atoms. The standard InChI is InChI=1S/C14H15NO3S/c1-15(8-11-3-2-6-19-11)9-14(18)12-5-4-10(16)7-13(12)17/h2-7,16-17H,8-9H2,1H3. The number of carbonyl (C=O) groups is 1. The summed E-state index contributed by atoms with van der Waals surface area (Å²) in [6.45, 7) is 0.915. The molecule has 0 aliphatic rings. The fourth-order valence-corrected chi connectivity index (χ4v) is 2.59. The van der Waals surface area contributed by atoms with E-state index in [0.29, 0.717) is 6.54 Å². The molecular formula is C14H15NO3S. The molecule has 0 atom stereocenters. The summed E-state index contributed by atoms with van der Waals surface area (Å²) in [6.07, 6.45) is 0. The van der Waals surface area contributed by atoms with E-state index >= 15 is 0 Å². The molecular weight excluding hydrogens is 262 g/mol. The van der Waals surface area contributed by atoms with Gasteiger partial charge >= 0.3 is 0 Å². The molecule has 1 aromatic carbocycles. The number of ketones is 1. The SMILES string of the molecule is CN(CC(=O)c1ccc(O)cc1O)Cc1cccs1. The van der Waals surface area contributed by atoms with Crippen LogP contribution in [0.15, 0.2) is 35.7 Å². The molecule has 0 radical (unpaired) electrons. The van der Waals surface area contributed by atoms with Crippen LogP contribution in [0.4, 0.5) is 0 Å². The normalized spacial score (nSPS) is 10.8. The Balaban J connectivity index is 2.00. The molecule has 2 N–H and O–H groups in total. The van der Waals surface area contributed by atoms with E-state index in [-0.39, 0.29) is 29.4 Å². The van der Waals surface area contributed by atoms with Crippen LogP contribution < -0.4 is 0 Å². The molecule has 2 aromatic rings. The highest BCUT2D eigenvalue weighted by molar-refractivity contribution is 7.09. The quantitative estimate of drug-likeness (QED) is 0.824. The summed E-state index contributed by atoms with van der Waals surface area (Å²) < 4.78 is 0. The Morgan fingerprint density at radius 2 is 2.11 bits per heavy atom. The van der Waals surface area contributed by atoms with Crippen molar-refractivity contribution in [3.63, 3.8) is 0 Å². The van der Waals surface area contributed by atoms with E-state index in [0.717, 1.165) is 0 Å². The van der Waals surface area contributed by atoms with Gasteiger partial charge in [-0.1, -0.05) is 6.07 Å². The number of nitrogens with zero attached hydrogens (tertiary/aromatic N) is 1. The third kappa shape index (κ3) is 3.56. The fourth-order valence-electron chi connectivity index (χ4n) is 1.81. The van der Waals surface area contributed by atoms with Crippen molar-refractivity contribution in [2.45, 2.75) is 6.54 Å². The van der Waals surface area contributed by atoms with E-state index < -0.39 is 0 Å². The first kappa shape index (κ1) is 13.6. The van der Waals surface area contributed by atoms with Crippen LogP contribution in [-0.4, -0.2) is 34.5 Å². The average molecular weight is 277 g/mol. The van der Waals surface area contributed by atoms with Gasteiger partial charge in [-0.3, -0.25) is 9.69 Å². The number of benzene rings is 1. The first-order valence-corrected chi connectivity index (χ1v) is 6.70. The molecule has 0 saturated carbocycles. The Hall–Kier alpha value is -1.85. The van der Waals surface area contributed by atoms with Crippen molar-refractivity contribution in [2.24, 2.45) is 0 Å². The van der Waals surface area contributed by atoms with Crippen LogP contribution in [0.2, 0.25) is 0 Å². The predicted molar refractivity (Wildman–Crippen MR) is 74.8 cm³/mol. The van der Waals surface area contributed by atoms with E-state index in [4.69, 9.17) is 0 Å². The third-order valence-corrected chi connectivity index (χ3v) is 3.56. The van der Waals surface area contributed by atoms with E-state index in [1.54, 1.807) is 11.3 Å². The smallest absolute Gasteiger partial charge is 0.180 e. The van der Waals surface area contributed by atoms with Crippen LogP contribution in [0.3, 0.4) is 0 Å². The van der Waals surface area contributed by atoms with Crippen LogP contribution in [0.5, 0.6) is 11.5 Å². The second-order valence-electron chi connectivity index (χ2n) is 4.38. The van der Waals surface area contributed by atoms with Gasteiger partial charge in [0.15, 0.2) is 5.78 Å². The molecule has 0 fully saturated rings. The Morgan fingerprint density at radius 1 is 1.32 bits per heavy atom. The molecule has 0 aliphatic heterocycles. The largest absolute Gasteiger partial charge is 0.508 e. The molecule has 0 unspecified atom stereocenters. The topological polar surface area (TPSA) is 60.8 Å². The number of Topliss-reactive ketones (excluding diaryl/α,β-unsaturated/α-hetero) is 1. The molecule has 1 aromatic heterocycles. The van der Waals surface area contributed by atoms with Crippen molar-refractivity contribution in [2.75, 3.05) is 13.6 Å². The van der Waals surface area contributed by atoms with Gasteiger partial charge in [0.25, 0.3) is 0 Å². The van der Waals surface area contributed by atoms with Gasteiger partial charge in [0.1, 0.15) is 11.5 Å². The minimum absolute atomic E-state index is 0.0546. The summed E-state index contributed by atoms with van der Waals surface area (Å²) in [5.41, 5.74) is 0.232. The zero-order valence-corrected chi connectivity index (χ0v) is 11.4. The lowest BCUT2D eigenvalue weighted by molar-refractivity contribution is 0.0941. The maximum absolute atomic E-state index is 12.0. The summed E-state index contributed by atoms with van der Waals surface area (Å²) in [6, 6.07) is 8.00. The minimum atomic E-state index is -0.186. The van der Waals surface area contributed by atoms with E-state index in [1.165, 1.54) is 23.1 Å². The first-order chi connectivity index (χ1) is 9.06. The van der Waals surface area contributed by atoms with Crippen LogP contribution in [0, 0.1) is 0 Å². The van der Waals surface area contributed by atoms with E-state index in [1.807, 2.05) is 29.5 Å². The fraction of sp³-hybridized carbons (Fsp3) is 0.214. The van der Waals surface area contributed by atoms with Gasteiger partial charge < -0.3 is 10.2 Å². The lowest BCUT2D eigenvalue weighted by Gasteiger charge is -2.15. The van der Waals surface area contributed by atoms with Crippen molar-refractivity contribution in [3.8, 4) is 11.5 Å². The van der Waals surface area contributed by atoms with Crippen LogP contribution in [0.25, 0.3) is 0 Å². The van der Waals surface area contributed by atoms with Gasteiger partial charge in [0.2, 0.25) is 0 Å². The number of likely N-dealkylation sites (N-methyl/N-ethyl adjacent to an activating group) is 1. The second-order valence-corrected chi connectivity index (χ2v) is 5.41. The summed E-state index contributed by atoms with van der Waals surface area (Å²) in [5, 5.41) is 20.8. The lowest BCUT2D eigenvalue weighted by atomic mass is 10.1. The molecule has 0 aliphatic carbocycles. The molecule has 100 valence electrons. The number of aromatic hydroxyl groups is 2. The van der Waals surface area contributed by atoms with E-state index in [9.17, 15) is 15.0 Å². The van der Waals surface area contributed by atoms with Gasteiger partial charge in [-0.25, -0.2) is 0 Å².